The number of nitrogens with zero attached hydrogens (tertiary/aromatic N) is 3. The largest absolute Gasteiger partial charge is 0.448 e. The fourth-order valence-electron chi connectivity index (χ4n) is 2.48. The minimum absolute atomic E-state index is 0.134. The highest BCUT2D eigenvalue weighted by Crippen LogP contribution is 2.25. The fourth-order valence-corrected chi connectivity index (χ4v) is 2.98. The first kappa shape index (κ1) is 20.8. The van der Waals surface area contributed by atoms with Crippen LogP contribution in [0.2, 0.25) is 0 Å². The first-order chi connectivity index (χ1) is 13.6. The molecule has 0 aliphatic carbocycles. The van der Waals surface area contributed by atoms with Gasteiger partial charge >= 0.3 is 0 Å². The molecule has 0 amide bonds. The number of aliphatic hydroxyl groups is 2. The van der Waals surface area contributed by atoms with Crippen molar-refractivity contribution in [1.29, 1.82) is 0 Å². The van der Waals surface area contributed by atoms with Crippen LogP contribution >= 0.6 is 0 Å². The molecule has 9 nitrogen and oxygen atoms in total. The van der Waals surface area contributed by atoms with Gasteiger partial charge in [0.1, 0.15) is 11.5 Å². The summed E-state index contributed by atoms with van der Waals surface area (Å²) in [4.78, 5) is 20.4. The Morgan fingerprint density at radius 2 is 1.97 bits per heavy atom. The molecule has 2 heterocycles. The van der Waals surface area contributed by atoms with Crippen molar-refractivity contribution in [3.05, 3.63) is 52.5 Å². The molecule has 0 fully saturated rings. The Morgan fingerprint density at radius 3 is 2.59 bits per heavy atom. The van der Waals surface area contributed by atoms with Crippen molar-refractivity contribution in [1.82, 2.24) is 14.5 Å². The lowest BCUT2D eigenvalue weighted by Crippen LogP contribution is -2.30. The molecular formula is C17H15F2N3O6S. The van der Waals surface area contributed by atoms with Gasteiger partial charge in [0.25, 0.3) is 5.56 Å². The fraction of sp³-hybridized carbons (Fsp3) is 0.235. The SMILES string of the molecule is CS(=O)(=O)c1ncc2cc(Oc3ccc(F)cc3F)c(=O)n(C[C@H](O)CO)c2n1. The molecule has 0 unspecified atom stereocenters. The molecule has 0 bridgehead atoms. The van der Waals surface area contributed by atoms with Crippen LogP contribution in [0.3, 0.4) is 0 Å². The summed E-state index contributed by atoms with van der Waals surface area (Å²) >= 11 is 0. The van der Waals surface area contributed by atoms with Crippen molar-refractivity contribution in [2.75, 3.05) is 12.9 Å². The maximum atomic E-state index is 13.9. The van der Waals surface area contributed by atoms with E-state index in [2.05, 4.69) is 9.97 Å². The van der Waals surface area contributed by atoms with Crippen molar-refractivity contribution in [3.63, 3.8) is 0 Å². The molecule has 0 aliphatic rings. The third-order valence-corrected chi connectivity index (χ3v) is 4.68. The maximum Gasteiger partial charge on any atom is 0.295 e. The number of rotatable bonds is 6. The molecule has 154 valence electrons. The maximum absolute atomic E-state index is 13.9. The number of fused-ring (bicyclic) bond motifs is 1. The van der Waals surface area contributed by atoms with E-state index in [-0.39, 0.29) is 11.0 Å². The number of aliphatic hydroxyl groups excluding tert-OH is 2. The first-order valence-corrected chi connectivity index (χ1v) is 10.0. The quantitative estimate of drug-likeness (QED) is 0.548. The third-order valence-electron chi connectivity index (χ3n) is 3.82. The van der Waals surface area contributed by atoms with Crippen LogP contribution in [-0.4, -0.2) is 52.1 Å². The topological polar surface area (TPSA) is 132 Å². The van der Waals surface area contributed by atoms with Crippen molar-refractivity contribution in [2.45, 2.75) is 17.8 Å². The summed E-state index contributed by atoms with van der Waals surface area (Å²) in [7, 11) is -3.79. The molecule has 0 saturated heterocycles. The molecule has 0 aliphatic heterocycles. The zero-order chi connectivity index (χ0) is 21.3. The molecular weight excluding hydrogens is 412 g/mol. The normalized spacial score (nSPS) is 12.9. The number of hydrogen-bond acceptors (Lipinski definition) is 8. The van der Waals surface area contributed by atoms with Crippen LogP contribution in [0.5, 0.6) is 11.5 Å². The van der Waals surface area contributed by atoms with Crippen LogP contribution in [-0.2, 0) is 16.4 Å². The predicted molar refractivity (Wildman–Crippen MR) is 96.4 cm³/mol. The van der Waals surface area contributed by atoms with Crippen LogP contribution in [0.15, 0.2) is 40.4 Å². The van der Waals surface area contributed by atoms with Crippen molar-refractivity contribution in [2.24, 2.45) is 0 Å². The molecule has 0 spiro atoms. The summed E-state index contributed by atoms with van der Waals surface area (Å²) < 4.78 is 56.6. The lowest BCUT2D eigenvalue weighted by Gasteiger charge is -2.15. The second kappa shape index (κ2) is 7.81. The number of sulfone groups is 1. The van der Waals surface area contributed by atoms with Crippen molar-refractivity contribution >= 4 is 20.9 Å². The average molecular weight is 427 g/mol. The number of aromatic nitrogens is 3. The van der Waals surface area contributed by atoms with E-state index >= 15 is 0 Å². The standard InChI is InChI=1S/C17H15F2N3O6S/c1-29(26,27)17-20-6-9-4-14(28-13-3-2-10(18)5-12(13)19)16(25)22(15(9)21-17)7-11(24)8-23/h2-6,11,23-24H,7-8H2,1H3/t11-/m0/s1. The Balaban J connectivity index is 2.21. The molecule has 1 atom stereocenters. The van der Waals surface area contributed by atoms with E-state index in [0.29, 0.717) is 6.07 Å². The molecule has 3 aromatic rings. The van der Waals surface area contributed by atoms with Gasteiger partial charge in [0.2, 0.25) is 15.0 Å². The van der Waals surface area contributed by atoms with Gasteiger partial charge in [-0.1, -0.05) is 0 Å². The van der Waals surface area contributed by atoms with E-state index in [9.17, 15) is 27.1 Å². The summed E-state index contributed by atoms with van der Waals surface area (Å²) in [5.74, 6) is -2.71. The number of hydrogen-bond donors (Lipinski definition) is 2. The van der Waals surface area contributed by atoms with E-state index in [4.69, 9.17) is 9.84 Å². The molecule has 0 radical (unpaired) electrons. The molecule has 3 rings (SSSR count). The van der Waals surface area contributed by atoms with Gasteiger partial charge in [-0.25, -0.2) is 22.2 Å². The van der Waals surface area contributed by atoms with Crippen molar-refractivity contribution in [3.8, 4) is 11.5 Å². The summed E-state index contributed by atoms with van der Waals surface area (Å²) in [6.45, 7) is -1.13. The molecule has 2 N–H and O–H groups in total. The van der Waals surface area contributed by atoms with Gasteiger partial charge in [0, 0.05) is 23.9 Å². The van der Waals surface area contributed by atoms with Crippen LogP contribution in [0.1, 0.15) is 0 Å². The van der Waals surface area contributed by atoms with Gasteiger partial charge in [0.05, 0.1) is 19.3 Å². The molecule has 29 heavy (non-hydrogen) atoms. The van der Waals surface area contributed by atoms with Crippen LogP contribution in [0, 0.1) is 11.6 Å². The number of ether oxygens (including phenoxy) is 1. The smallest absolute Gasteiger partial charge is 0.295 e. The monoisotopic (exact) mass is 427 g/mol. The molecule has 12 heteroatoms. The molecule has 0 saturated carbocycles. The number of benzene rings is 1. The minimum Gasteiger partial charge on any atom is -0.448 e. The van der Waals surface area contributed by atoms with Crippen LogP contribution < -0.4 is 10.3 Å². The van der Waals surface area contributed by atoms with Gasteiger partial charge in [-0.05, 0) is 18.2 Å². The summed E-state index contributed by atoms with van der Waals surface area (Å²) in [6.07, 6.45) is 0.632. The lowest BCUT2D eigenvalue weighted by molar-refractivity contribution is 0.0811. The van der Waals surface area contributed by atoms with E-state index < -0.39 is 62.9 Å². The zero-order valence-corrected chi connectivity index (χ0v) is 15.7. The summed E-state index contributed by atoms with van der Waals surface area (Å²) in [6, 6.07) is 3.67. The van der Waals surface area contributed by atoms with Crippen molar-refractivity contribution < 1.29 is 32.1 Å². The highest BCUT2D eigenvalue weighted by atomic mass is 32.2. The zero-order valence-electron chi connectivity index (χ0n) is 14.9. The third kappa shape index (κ3) is 4.39. The highest BCUT2D eigenvalue weighted by molar-refractivity contribution is 7.90. The van der Waals surface area contributed by atoms with Gasteiger partial charge in [-0.15, -0.1) is 0 Å². The molecule has 1 aromatic carbocycles. The highest BCUT2D eigenvalue weighted by Gasteiger charge is 2.19. The Kier molecular flexibility index (Phi) is 5.59. The van der Waals surface area contributed by atoms with E-state index in [1.165, 1.54) is 0 Å². The van der Waals surface area contributed by atoms with Gasteiger partial charge in [-0.2, -0.15) is 4.98 Å². The van der Waals surface area contributed by atoms with Gasteiger partial charge < -0.3 is 14.9 Å². The second-order valence-electron chi connectivity index (χ2n) is 6.14. The predicted octanol–water partition coefficient (Wildman–Crippen LogP) is 0.619. The van der Waals surface area contributed by atoms with E-state index in [1.54, 1.807) is 0 Å². The van der Waals surface area contributed by atoms with E-state index in [1.807, 2.05) is 0 Å². The second-order valence-corrected chi connectivity index (χ2v) is 8.05. The molecule has 2 aromatic heterocycles. The van der Waals surface area contributed by atoms with Crippen LogP contribution in [0.4, 0.5) is 8.78 Å². The lowest BCUT2D eigenvalue weighted by atomic mass is 10.2. The Morgan fingerprint density at radius 1 is 1.24 bits per heavy atom. The minimum atomic E-state index is -3.79. The summed E-state index contributed by atoms with van der Waals surface area (Å²) in [5, 5.41) is 18.5. The summed E-state index contributed by atoms with van der Waals surface area (Å²) in [5.41, 5.74) is -1.02. The Hall–Kier alpha value is -2.96. The number of pyridine rings is 1. The van der Waals surface area contributed by atoms with E-state index in [0.717, 1.165) is 35.2 Å². The first-order valence-electron chi connectivity index (χ1n) is 8.12. The van der Waals surface area contributed by atoms with Gasteiger partial charge in [0.15, 0.2) is 17.3 Å². The average Bonchev–Trinajstić information content (AvgIpc) is 2.65. The Labute approximate surface area is 162 Å². The van der Waals surface area contributed by atoms with Crippen LogP contribution in [0.25, 0.3) is 11.0 Å². The number of halogens is 2. The van der Waals surface area contributed by atoms with Gasteiger partial charge in [-0.3, -0.25) is 9.36 Å². The Bertz CT molecular complexity index is 1250.